The Morgan fingerprint density at radius 3 is 2.58 bits per heavy atom. The zero-order valence-corrected chi connectivity index (χ0v) is 12.7. The van der Waals surface area contributed by atoms with Crippen LogP contribution in [0.4, 0.5) is 8.78 Å². The van der Waals surface area contributed by atoms with Crippen molar-refractivity contribution in [1.29, 1.82) is 0 Å². The Labute approximate surface area is 122 Å². The van der Waals surface area contributed by atoms with E-state index < -0.39 is 17.7 Å². The van der Waals surface area contributed by atoms with Crippen LogP contribution < -0.4 is 10.1 Å². The molecule has 0 saturated heterocycles. The zero-order valence-electron chi connectivity index (χ0n) is 10.3. The minimum absolute atomic E-state index is 0.118. The third-order valence-electron chi connectivity index (χ3n) is 2.76. The molecule has 1 unspecified atom stereocenters. The van der Waals surface area contributed by atoms with E-state index in [1.165, 1.54) is 17.4 Å². The Bertz CT molecular complexity index is 588. The molecular formula is C13H12BrF2NOS. The summed E-state index contributed by atoms with van der Waals surface area (Å²) in [6, 6.07) is 3.74. The van der Waals surface area contributed by atoms with Gasteiger partial charge in [-0.2, -0.15) is 0 Å². The van der Waals surface area contributed by atoms with Crippen molar-refractivity contribution < 1.29 is 13.5 Å². The number of benzene rings is 1. The van der Waals surface area contributed by atoms with Gasteiger partial charge in [0.15, 0.2) is 0 Å². The van der Waals surface area contributed by atoms with E-state index in [0.29, 0.717) is 5.75 Å². The minimum Gasteiger partial charge on any atom is -0.496 e. The molecular weight excluding hydrogens is 336 g/mol. The van der Waals surface area contributed by atoms with Crippen LogP contribution >= 0.6 is 27.3 Å². The van der Waals surface area contributed by atoms with Gasteiger partial charge in [-0.05, 0) is 41.2 Å². The lowest BCUT2D eigenvalue weighted by atomic mass is 10.0. The number of hydrogen-bond donors (Lipinski definition) is 1. The van der Waals surface area contributed by atoms with E-state index in [2.05, 4.69) is 21.2 Å². The summed E-state index contributed by atoms with van der Waals surface area (Å²) in [4.78, 5) is 0.861. The fourth-order valence-electron chi connectivity index (χ4n) is 1.80. The molecule has 0 aliphatic rings. The van der Waals surface area contributed by atoms with E-state index in [-0.39, 0.29) is 10.0 Å². The molecule has 6 heteroatoms. The number of hydrogen-bond acceptors (Lipinski definition) is 3. The summed E-state index contributed by atoms with van der Waals surface area (Å²) in [5.41, 5.74) is 0.271. The highest BCUT2D eigenvalue weighted by Crippen LogP contribution is 2.33. The SMILES string of the molecule is CNC(c1cc(OC)cs1)c1cc(F)c(Br)cc1F. The standard InChI is InChI=1S/C13H12BrF2NOS/c1-17-13(12-3-7(18-2)6-19-12)8-4-11(16)9(14)5-10(8)15/h3-6,13,17H,1-2H3. The summed E-state index contributed by atoms with van der Waals surface area (Å²) in [5, 5.41) is 4.82. The van der Waals surface area contributed by atoms with E-state index in [1.54, 1.807) is 14.2 Å². The number of ether oxygens (including phenoxy) is 1. The molecule has 0 fully saturated rings. The Morgan fingerprint density at radius 2 is 2.00 bits per heavy atom. The molecule has 0 aliphatic heterocycles. The Hall–Kier alpha value is -0.980. The molecule has 1 aromatic carbocycles. The molecule has 0 aliphatic carbocycles. The van der Waals surface area contributed by atoms with Crippen molar-refractivity contribution in [1.82, 2.24) is 5.32 Å². The van der Waals surface area contributed by atoms with E-state index in [0.717, 1.165) is 10.9 Å². The van der Waals surface area contributed by atoms with Crippen LogP contribution in [0.25, 0.3) is 0 Å². The second-order valence-electron chi connectivity index (χ2n) is 3.90. The van der Waals surface area contributed by atoms with Gasteiger partial charge in [0.05, 0.1) is 17.6 Å². The third-order valence-corrected chi connectivity index (χ3v) is 4.34. The first-order chi connectivity index (χ1) is 9.06. The van der Waals surface area contributed by atoms with Gasteiger partial charge in [-0.3, -0.25) is 0 Å². The molecule has 102 valence electrons. The largest absolute Gasteiger partial charge is 0.496 e. The molecule has 0 saturated carbocycles. The second kappa shape index (κ2) is 5.98. The van der Waals surface area contributed by atoms with Gasteiger partial charge in [-0.25, -0.2) is 8.78 Å². The van der Waals surface area contributed by atoms with E-state index >= 15 is 0 Å². The molecule has 1 atom stereocenters. The molecule has 1 heterocycles. The normalized spacial score (nSPS) is 12.5. The number of thiophene rings is 1. The monoisotopic (exact) mass is 347 g/mol. The maximum absolute atomic E-state index is 14.0. The third kappa shape index (κ3) is 2.96. The van der Waals surface area contributed by atoms with E-state index in [1.807, 2.05) is 11.4 Å². The summed E-state index contributed by atoms with van der Waals surface area (Å²) >= 11 is 4.40. The lowest BCUT2D eigenvalue weighted by molar-refractivity contribution is 0.416. The second-order valence-corrected chi connectivity index (χ2v) is 5.70. The van der Waals surface area contributed by atoms with Crippen molar-refractivity contribution in [2.24, 2.45) is 0 Å². The first kappa shape index (κ1) is 14.4. The lowest BCUT2D eigenvalue weighted by Gasteiger charge is -2.16. The maximum atomic E-state index is 14.0. The fourth-order valence-corrected chi connectivity index (χ4v) is 3.10. The predicted molar refractivity (Wildman–Crippen MR) is 75.8 cm³/mol. The van der Waals surface area contributed by atoms with Crippen molar-refractivity contribution in [3.63, 3.8) is 0 Å². The zero-order chi connectivity index (χ0) is 14.0. The van der Waals surface area contributed by atoms with Crippen LogP contribution in [-0.2, 0) is 0 Å². The molecule has 2 aromatic rings. The quantitative estimate of drug-likeness (QED) is 0.840. The van der Waals surface area contributed by atoms with Crippen LogP contribution in [0.5, 0.6) is 5.75 Å². The van der Waals surface area contributed by atoms with Gasteiger partial charge in [-0.1, -0.05) is 0 Å². The molecule has 19 heavy (non-hydrogen) atoms. The number of rotatable bonds is 4. The first-order valence-electron chi connectivity index (χ1n) is 5.51. The fraction of sp³-hybridized carbons (Fsp3) is 0.231. The van der Waals surface area contributed by atoms with Gasteiger partial charge >= 0.3 is 0 Å². The molecule has 0 amide bonds. The van der Waals surface area contributed by atoms with Gasteiger partial charge in [0.25, 0.3) is 0 Å². The highest BCUT2D eigenvalue weighted by atomic mass is 79.9. The summed E-state index contributed by atoms with van der Waals surface area (Å²) in [5.74, 6) is -0.238. The Kier molecular flexibility index (Phi) is 4.54. The average Bonchev–Trinajstić information content (AvgIpc) is 2.85. The first-order valence-corrected chi connectivity index (χ1v) is 7.18. The van der Waals surface area contributed by atoms with Crippen molar-refractivity contribution >= 4 is 27.3 Å². The van der Waals surface area contributed by atoms with E-state index in [9.17, 15) is 8.78 Å². The smallest absolute Gasteiger partial charge is 0.137 e. The number of methoxy groups -OCH3 is 1. The molecule has 2 nitrogen and oxygen atoms in total. The minimum atomic E-state index is -0.486. The van der Waals surface area contributed by atoms with Crippen molar-refractivity contribution in [2.75, 3.05) is 14.2 Å². The summed E-state index contributed by atoms with van der Waals surface area (Å²) in [6.07, 6.45) is 0. The average molecular weight is 348 g/mol. The number of nitrogens with one attached hydrogen (secondary N) is 1. The number of halogens is 3. The van der Waals surface area contributed by atoms with Crippen LogP contribution in [-0.4, -0.2) is 14.2 Å². The van der Waals surface area contributed by atoms with Gasteiger partial charge < -0.3 is 10.1 Å². The van der Waals surface area contributed by atoms with Gasteiger partial charge in [0.1, 0.15) is 17.4 Å². The van der Waals surface area contributed by atoms with Crippen LogP contribution in [0.3, 0.4) is 0 Å². The highest BCUT2D eigenvalue weighted by Gasteiger charge is 2.20. The summed E-state index contributed by atoms with van der Waals surface area (Å²) in [6.45, 7) is 0. The van der Waals surface area contributed by atoms with Crippen LogP contribution in [0.15, 0.2) is 28.1 Å². The molecule has 0 bridgehead atoms. The summed E-state index contributed by atoms with van der Waals surface area (Å²) in [7, 11) is 3.27. The van der Waals surface area contributed by atoms with Gasteiger partial charge in [0.2, 0.25) is 0 Å². The van der Waals surface area contributed by atoms with Gasteiger partial charge in [0, 0.05) is 15.8 Å². The Balaban J connectivity index is 2.44. The molecule has 2 rings (SSSR count). The Morgan fingerprint density at radius 1 is 1.26 bits per heavy atom. The van der Waals surface area contributed by atoms with Crippen molar-refractivity contribution in [3.8, 4) is 5.75 Å². The van der Waals surface area contributed by atoms with Crippen LogP contribution in [0, 0.1) is 11.6 Å². The van der Waals surface area contributed by atoms with Crippen LogP contribution in [0.2, 0.25) is 0 Å². The topological polar surface area (TPSA) is 21.3 Å². The lowest BCUT2D eigenvalue weighted by Crippen LogP contribution is -2.18. The molecule has 1 N–H and O–H groups in total. The summed E-state index contributed by atoms with van der Waals surface area (Å²) < 4.78 is 32.8. The molecule has 0 radical (unpaired) electrons. The van der Waals surface area contributed by atoms with Crippen molar-refractivity contribution in [3.05, 3.63) is 50.1 Å². The molecule has 0 spiro atoms. The highest BCUT2D eigenvalue weighted by molar-refractivity contribution is 9.10. The predicted octanol–water partition coefficient (Wildman–Crippen LogP) is 4.11. The van der Waals surface area contributed by atoms with Gasteiger partial charge in [-0.15, -0.1) is 11.3 Å². The molecule has 1 aromatic heterocycles. The van der Waals surface area contributed by atoms with Crippen molar-refractivity contribution in [2.45, 2.75) is 6.04 Å². The maximum Gasteiger partial charge on any atom is 0.137 e. The van der Waals surface area contributed by atoms with E-state index in [4.69, 9.17) is 4.74 Å². The van der Waals surface area contributed by atoms with Crippen LogP contribution in [0.1, 0.15) is 16.5 Å².